The van der Waals surface area contributed by atoms with Crippen molar-refractivity contribution in [2.45, 2.75) is 25.4 Å². The van der Waals surface area contributed by atoms with Crippen LogP contribution < -0.4 is 10.6 Å². The van der Waals surface area contributed by atoms with Gasteiger partial charge in [-0.25, -0.2) is 4.98 Å². The van der Waals surface area contributed by atoms with Crippen LogP contribution >= 0.6 is 23.2 Å². The van der Waals surface area contributed by atoms with Gasteiger partial charge >= 0.3 is 0 Å². The number of nitrogens with zero attached hydrogens (tertiary/aromatic N) is 1. The van der Waals surface area contributed by atoms with Crippen LogP contribution in [0.2, 0.25) is 10.0 Å². The van der Waals surface area contributed by atoms with Crippen molar-refractivity contribution in [1.29, 1.82) is 0 Å². The number of aliphatic hydroxyl groups excluding tert-OH is 1. The van der Waals surface area contributed by atoms with Crippen molar-refractivity contribution in [2.75, 3.05) is 24.2 Å². The minimum absolute atomic E-state index is 0.154. The zero-order valence-electron chi connectivity index (χ0n) is 10.2. The Morgan fingerprint density at radius 1 is 1.33 bits per heavy atom. The molecule has 0 bridgehead atoms. The molecule has 0 amide bonds. The molecule has 4 nitrogen and oxygen atoms in total. The molecule has 0 saturated heterocycles. The summed E-state index contributed by atoms with van der Waals surface area (Å²) in [5.74, 6) is 1.72. The van der Waals surface area contributed by atoms with Gasteiger partial charge in [-0.1, -0.05) is 23.2 Å². The van der Waals surface area contributed by atoms with E-state index in [-0.39, 0.29) is 6.10 Å². The van der Waals surface area contributed by atoms with E-state index in [0.717, 1.165) is 25.8 Å². The molecule has 0 aliphatic heterocycles. The highest BCUT2D eigenvalue weighted by atomic mass is 35.5. The number of pyridine rings is 1. The molecule has 3 N–H and O–H groups in total. The third-order valence-corrected chi connectivity index (χ3v) is 3.81. The summed E-state index contributed by atoms with van der Waals surface area (Å²) in [7, 11) is 1.76. The number of anilines is 2. The van der Waals surface area contributed by atoms with E-state index in [1.165, 1.54) is 0 Å². The maximum atomic E-state index is 9.47. The van der Waals surface area contributed by atoms with E-state index < -0.39 is 0 Å². The lowest BCUT2D eigenvalue weighted by molar-refractivity contribution is 0.178. The highest BCUT2D eigenvalue weighted by Gasteiger charge is 2.22. The highest BCUT2D eigenvalue weighted by Crippen LogP contribution is 2.30. The lowest BCUT2D eigenvalue weighted by Crippen LogP contribution is -2.14. The molecule has 1 aliphatic rings. The molecule has 1 aromatic heterocycles. The summed E-state index contributed by atoms with van der Waals surface area (Å²) in [6.45, 7) is 0.772. The fourth-order valence-corrected chi connectivity index (χ4v) is 2.76. The molecule has 1 aromatic rings. The van der Waals surface area contributed by atoms with Gasteiger partial charge < -0.3 is 15.7 Å². The Bertz CT molecular complexity index is 428. The molecule has 18 heavy (non-hydrogen) atoms. The van der Waals surface area contributed by atoms with Crippen LogP contribution in [0.4, 0.5) is 11.6 Å². The smallest absolute Gasteiger partial charge is 0.147 e. The molecule has 1 aliphatic carbocycles. The fraction of sp³-hybridized carbons (Fsp3) is 0.583. The van der Waals surface area contributed by atoms with Gasteiger partial charge in [0.15, 0.2) is 0 Å². The average molecular weight is 290 g/mol. The zero-order valence-corrected chi connectivity index (χ0v) is 11.7. The van der Waals surface area contributed by atoms with E-state index in [9.17, 15) is 5.11 Å². The quantitative estimate of drug-likeness (QED) is 0.798. The van der Waals surface area contributed by atoms with Crippen molar-refractivity contribution in [1.82, 2.24) is 4.98 Å². The first-order valence-electron chi connectivity index (χ1n) is 6.06. The normalized spacial score (nSPS) is 23.1. The highest BCUT2D eigenvalue weighted by molar-refractivity contribution is 6.37. The summed E-state index contributed by atoms with van der Waals surface area (Å²) in [6, 6.07) is 1.67. The summed E-state index contributed by atoms with van der Waals surface area (Å²) in [6.07, 6.45) is 2.61. The van der Waals surface area contributed by atoms with Crippen molar-refractivity contribution in [3.8, 4) is 0 Å². The third kappa shape index (κ3) is 3.19. The van der Waals surface area contributed by atoms with Crippen molar-refractivity contribution in [2.24, 2.45) is 5.92 Å². The van der Waals surface area contributed by atoms with E-state index in [0.29, 0.717) is 27.6 Å². The zero-order chi connectivity index (χ0) is 13.1. The van der Waals surface area contributed by atoms with Crippen molar-refractivity contribution in [3.63, 3.8) is 0 Å². The van der Waals surface area contributed by atoms with Crippen molar-refractivity contribution >= 4 is 34.8 Å². The number of nitrogens with one attached hydrogen (secondary N) is 2. The second-order valence-electron chi connectivity index (χ2n) is 4.61. The Hall–Kier alpha value is -0.710. The molecule has 0 radical (unpaired) electrons. The molecule has 1 heterocycles. The number of aromatic nitrogens is 1. The molecule has 0 spiro atoms. The number of rotatable bonds is 4. The molecule has 2 unspecified atom stereocenters. The first kappa shape index (κ1) is 13.7. The van der Waals surface area contributed by atoms with E-state index in [1.807, 2.05) is 0 Å². The van der Waals surface area contributed by atoms with Gasteiger partial charge in [-0.2, -0.15) is 0 Å². The lowest BCUT2D eigenvalue weighted by atomic mass is 10.1. The van der Waals surface area contributed by atoms with E-state index in [4.69, 9.17) is 23.2 Å². The van der Waals surface area contributed by atoms with Crippen LogP contribution in [0.1, 0.15) is 19.3 Å². The largest absolute Gasteiger partial charge is 0.393 e. The number of halogens is 2. The summed E-state index contributed by atoms with van der Waals surface area (Å²) < 4.78 is 0. The first-order valence-corrected chi connectivity index (χ1v) is 6.81. The Balaban J connectivity index is 2.00. The molecule has 0 aromatic carbocycles. The molecule has 2 rings (SSSR count). The van der Waals surface area contributed by atoms with Gasteiger partial charge in [0.25, 0.3) is 0 Å². The Kier molecular flexibility index (Phi) is 4.54. The second kappa shape index (κ2) is 5.95. The van der Waals surface area contributed by atoms with Crippen LogP contribution in [0, 0.1) is 5.92 Å². The minimum atomic E-state index is -0.154. The van der Waals surface area contributed by atoms with E-state index in [1.54, 1.807) is 13.1 Å². The maximum Gasteiger partial charge on any atom is 0.147 e. The predicted molar refractivity (Wildman–Crippen MR) is 75.6 cm³/mol. The van der Waals surface area contributed by atoms with Gasteiger partial charge in [0, 0.05) is 13.6 Å². The number of hydrogen-bond acceptors (Lipinski definition) is 4. The van der Waals surface area contributed by atoms with Crippen LogP contribution in [0.5, 0.6) is 0 Å². The standard InChI is InChI=1S/C12H17Cl2N3O/c1-15-11-9(13)5-10(14)12(17-11)16-6-7-2-3-8(18)4-7/h5,7-8,18H,2-4,6H2,1H3,(H2,15,16,17). The maximum absolute atomic E-state index is 9.47. The molecule has 6 heteroatoms. The number of aliphatic hydroxyl groups is 1. The summed E-state index contributed by atoms with van der Waals surface area (Å²) in [5, 5.41) is 16.6. The summed E-state index contributed by atoms with van der Waals surface area (Å²) >= 11 is 12.1. The van der Waals surface area contributed by atoms with Gasteiger partial charge in [-0.3, -0.25) is 0 Å². The van der Waals surface area contributed by atoms with Crippen LogP contribution in [-0.2, 0) is 0 Å². The molecule has 2 atom stereocenters. The molecule has 100 valence electrons. The molecule has 1 saturated carbocycles. The Morgan fingerprint density at radius 3 is 2.67 bits per heavy atom. The molecular weight excluding hydrogens is 273 g/mol. The predicted octanol–water partition coefficient (Wildman–Crippen LogP) is 3.00. The van der Waals surface area contributed by atoms with Crippen molar-refractivity contribution in [3.05, 3.63) is 16.1 Å². The summed E-state index contributed by atoms with van der Waals surface area (Å²) in [4.78, 5) is 4.32. The monoisotopic (exact) mass is 289 g/mol. The first-order chi connectivity index (χ1) is 8.60. The Morgan fingerprint density at radius 2 is 2.06 bits per heavy atom. The van der Waals surface area contributed by atoms with Crippen LogP contribution in [-0.4, -0.2) is 29.8 Å². The fourth-order valence-electron chi connectivity index (χ4n) is 2.24. The van der Waals surface area contributed by atoms with E-state index >= 15 is 0 Å². The van der Waals surface area contributed by atoms with Gasteiger partial charge in [-0.15, -0.1) is 0 Å². The van der Waals surface area contributed by atoms with Gasteiger partial charge in [0.05, 0.1) is 16.1 Å². The van der Waals surface area contributed by atoms with Gasteiger partial charge in [0.1, 0.15) is 11.6 Å². The third-order valence-electron chi connectivity index (χ3n) is 3.24. The van der Waals surface area contributed by atoms with Crippen molar-refractivity contribution < 1.29 is 5.11 Å². The van der Waals surface area contributed by atoms with E-state index in [2.05, 4.69) is 15.6 Å². The number of hydrogen-bond donors (Lipinski definition) is 3. The Labute approximate surface area is 117 Å². The average Bonchev–Trinajstić information content (AvgIpc) is 2.74. The van der Waals surface area contributed by atoms with Crippen LogP contribution in [0.15, 0.2) is 6.07 Å². The second-order valence-corrected chi connectivity index (χ2v) is 5.43. The topological polar surface area (TPSA) is 57.2 Å². The summed E-state index contributed by atoms with van der Waals surface area (Å²) in [5.41, 5.74) is 0. The van der Waals surface area contributed by atoms with Crippen LogP contribution in [0.3, 0.4) is 0 Å². The molecular formula is C12H17Cl2N3O. The lowest BCUT2D eigenvalue weighted by Gasteiger charge is -2.14. The minimum Gasteiger partial charge on any atom is -0.393 e. The van der Waals surface area contributed by atoms with Gasteiger partial charge in [0.2, 0.25) is 0 Å². The van der Waals surface area contributed by atoms with Gasteiger partial charge in [-0.05, 0) is 31.2 Å². The SMILES string of the molecule is CNc1nc(NCC2CCC(O)C2)c(Cl)cc1Cl. The molecule has 1 fully saturated rings. The van der Waals surface area contributed by atoms with Crippen LogP contribution in [0.25, 0.3) is 0 Å².